The van der Waals surface area contributed by atoms with Crippen molar-refractivity contribution < 1.29 is 18.0 Å². The maximum Gasteiger partial charge on any atom is 0.252 e. The molecule has 2 N–H and O–H groups in total. The van der Waals surface area contributed by atoms with Crippen LogP contribution in [0.2, 0.25) is 0 Å². The molecule has 0 radical (unpaired) electrons. The Kier molecular flexibility index (Phi) is 3.87. The zero-order chi connectivity index (χ0) is 16.6. The molecule has 1 aromatic carbocycles. The highest BCUT2D eigenvalue weighted by molar-refractivity contribution is 6.01. The lowest BCUT2D eigenvalue weighted by Gasteiger charge is -2.24. The summed E-state index contributed by atoms with van der Waals surface area (Å²) in [6.45, 7) is 0.421. The first-order valence-electron chi connectivity index (χ1n) is 7.39. The second-order valence-electron chi connectivity index (χ2n) is 5.76. The first-order valence-corrected chi connectivity index (χ1v) is 7.39. The number of halogens is 3. The van der Waals surface area contributed by atoms with Gasteiger partial charge in [-0.15, -0.1) is 0 Å². The molecule has 2 aromatic rings. The molecule has 0 atom stereocenters. The lowest BCUT2D eigenvalue weighted by atomic mass is 10.1. The van der Waals surface area contributed by atoms with E-state index in [9.17, 15) is 18.0 Å². The number of rotatable bonds is 2. The van der Waals surface area contributed by atoms with E-state index >= 15 is 0 Å². The van der Waals surface area contributed by atoms with E-state index in [1.54, 1.807) is 4.90 Å². The summed E-state index contributed by atoms with van der Waals surface area (Å²) >= 11 is 0. The average molecular weight is 323 g/mol. The normalized spacial score (nSPS) is 18.0. The molecule has 0 aliphatic carbocycles. The molecule has 3 rings (SSSR count). The molecule has 2 heterocycles. The number of nitrogens with zero attached hydrogens (tertiary/aromatic N) is 2. The number of hydrogen-bond donors (Lipinski definition) is 1. The molecule has 0 spiro atoms. The second kappa shape index (κ2) is 5.72. The Morgan fingerprint density at radius 2 is 2.00 bits per heavy atom. The van der Waals surface area contributed by atoms with Gasteiger partial charge in [-0.1, -0.05) is 0 Å². The van der Waals surface area contributed by atoms with Crippen molar-refractivity contribution in [1.82, 2.24) is 4.98 Å². The van der Waals surface area contributed by atoms with Gasteiger partial charge in [-0.2, -0.15) is 0 Å². The molecular weight excluding hydrogens is 307 g/mol. The summed E-state index contributed by atoms with van der Waals surface area (Å²) in [5.41, 5.74) is 5.93. The molecule has 0 bridgehead atoms. The molecule has 1 amide bonds. The predicted molar refractivity (Wildman–Crippen MR) is 81.2 cm³/mol. The van der Waals surface area contributed by atoms with Crippen LogP contribution in [0.5, 0.6) is 0 Å². The Bertz CT molecular complexity index is 764. The predicted octanol–water partition coefficient (Wildman–Crippen LogP) is 3.10. The van der Waals surface area contributed by atoms with E-state index in [0.29, 0.717) is 17.4 Å². The average Bonchev–Trinajstić information content (AvgIpc) is 2.66. The summed E-state index contributed by atoms with van der Waals surface area (Å²) < 4.78 is 40.5. The van der Waals surface area contributed by atoms with Gasteiger partial charge < -0.3 is 10.6 Å². The van der Waals surface area contributed by atoms with Crippen LogP contribution in [0.1, 0.15) is 29.6 Å². The molecule has 1 saturated heterocycles. The van der Waals surface area contributed by atoms with Crippen molar-refractivity contribution in [2.45, 2.75) is 25.2 Å². The summed E-state index contributed by atoms with van der Waals surface area (Å²) in [7, 11) is 0. The minimum atomic E-state index is -2.72. The standard InChI is InChI=1S/C16H16F3N3O/c17-11-3-2-10-8-12(14(20)23)15(21-13(10)9-11)22-6-1-4-16(18,19)5-7-22/h2-3,8-9H,1,4-7H2,(H2,20,23). The molecule has 1 aromatic heterocycles. The number of amides is 1. The third-order valence-corrected chi connectivity index (χ3v) is 4.04. The van der Waals surface area contributed by atoms with Crippen molar-refractivity contribution in [2.75, 3.05) is 18.0 Å². The quantitative estimate of drug-likeness (QED) is 0.924. The summed E-state index contributed by atoms with van der Waals surface area (Å²) in [6.07, 6.45) is -0.222. The Balaban J connectivity index is 2.07. The maximum atomic E-state index is 13.5. The SMILES string of the molecule is NC(=O)c1cc2ccc(F)cc2nc1N1CCCC(F)(F)CC1. The van der Waals surface area contributed by atoms with Crippen LogP contribution in [0, 0.1) is 5.82 Å². The molecule has 1 aliphatic rings. The van der Waals surface area contributed by atoms with Gasteiger partial charge in [-0.05, 0) is 24.6 Å². The molecule has 0 saturated carbocycles. The first kappa shape index (κ1) is 15.6. The smallest absolute Gasteiger partial charge is 0.252 e. The maximum absolute atomic E-state index is 13.5. The van der Waals surface area contributed by atoms with Gasteiger partial charge in [0.1, 0.15) is 11.6 Å². The second-order valence-corrected chi connectivity index (χ2v) is 5.76. The zero-order valence-electron chi connectivity index (χ0n) is 12.4. The number of carbonyl (C=O) groups excluding carboxylic acids is 1. The number of nitrogens with two attached hydrogens (primary N) is 1. The number of fused-ring (bicyclic) bond motifs is 1. The highest BCUT2D eigenvalue weighted by Gasteiger charge is 2.33. The molecule has 1 aliphatic heterocycles. The van der Waals surface area contributed by atoms with Crippen LogP contribution >= 0.6 is 0 Å². The molecule has 1 fully saturated rings. The number of anilines is 1. The number of pyridine rings is 1. The molecular formula is C16H16F3N3O. The molecule has 0 unspecified atom stereocenters. The van der Waals surface area contributed by atoms with Crippen molar-refractivity contribution in [3.8, 4) is 0 Å². The van der Waals surface area contributed by atoms with Crippen molar-refractivity contribution in [3.05, 3.63) is 35.6 Å². The van der Waals surface area contributed by atoms with Crippen molar-refractivity contribution in [3.63, 3.8) is 0 Å². The lowest BCUT2D eigenvalue weighted by molar-refractivity contribution is -0.0102. The van der Waals surface area contributed by atoms with E-state index in [4.69, 9.17) is 5.73 Å². The summed E-state index contributed by atoms with van der Waals surface area (Å²) in [6, 6.07) is 5.55. The van der Waals surface area contributed by atoms with Crippen LogP contribution in [0.25, 0.3) is 10.9 Å². The highest BCUT2D eigenvalue weighted by atomic mass is 19.3. The van der Waals surface area contributed by atoms with Crippen LogP contribution in [-0.2, 0) is 0 Å². The summed E-state index contributed by atoms with van der Waals surface area (Å²) in [5, 5.41) is 0.573. The number of carbonyl (C=O) groups is 1. The number of primary amides is 1. The van der Waals surface area contributed by atoms with Crippen molar-refractivity contribution in [2.24, 2.45) is 5.73 Å². The van der Waals surface area contributed by atoms with Crippen LogP contribution in [0.3, 0.4) is 0 Å². The van der Waals surface area contributed by atoms with Gasteiger partial charge in [0.05, 0.1) is 11.1 Å². The first-order chi connectivity index (χ1) is 10.9. The minimum absolute atomic E-state index is 0.0705. The fraction of sp³-hybridized carbons (Fsp3) is 0.375. The van der Waals surface area contributed by atoms with Gasteiger partial charge in [-0.3, -0.25) is 4.79 Å². The number of benzene rings is 1. The topological polar surface area (TPSA) is 59.2 Å². The van der Waals surface area contributed by atoms with Gasteiger partial charge in [0, 0.05) is 37.4 Å². The van der Waals surface area contributed by atoms with Crippen LogP contribution in [0.4, 0.5) is 19.0 Å². The van der Waals surface area contributed by atoms with Crippen LogP contribution < -0.4 is 10.6 Å². The highest BCUT2D eigenvalue weighted by Crippen LogP contribution is 2.31. The van der Waals surface area contributed by atoms with E-state index in [0.717, 1.165) is 0 Å². The Hall–Kier alpha value is -2.31. The van der Waals surface area contributed by atoms with Crippen molar-refractivity contribution in [1.29, 1.82) is 0 Å². The van der Waals surface area contributed by atoms with Gasteiger partial charge in [0.2, 0.25) is 5.92 Å². The summed E-state index contributed by atoms with van der Waals surface area (Å²) in [4.78, 5) is 17.7. The summed E-state index contributed by atoms with van der Waals surface area (Å²) in [5.74, 6) is -3.61. The Morgan fingerprint density at radius 3 is 2.74 bits per heavy atom. The van der Waals surface area contributed by atoms with Crippen molar-refractivity contribution >= 4 is 22.6 Å². The zero-order valence-corrected chi connectivity index (χ0v) is 12.4. The van der Waals surface area contributed by atoms with Crippen LogP contribution in [0.15, 0.2) is 24.3 Å². The lowest BCUT2D eigenvalue weighted by Crippen LogP contribution is -2.29. The monoisotopic (exact) mass is 323 g/mol. The molecule has 7 heteroatoms. The van der Waals surface area contributed by atoms with E-state index in [1.807, 2.05) is 0 Å². The van der Waals surface area contributed by atoms with E-state index in [-0.39, 0.29) is 37.2 Å². The number of aromatic nitrogens is 1. The largest absolute Gasteiger partial charge is 0.365 e. The van der Waals surface area contributed by atoms with E-state index < -0.39 is 17.6 Å². The van der Waals surface area contributed by atoms with Gasteiger partial charge in [0.25, 0.3) is 5.91 Å². The number of hydrogen-bond acceptors (Lipinski definition) is 3. The third-order valence-electron chi connectivity index (χ3n) is 4.04. The van der Waals surface area contributed by atoms with Gasteiger partial charge in [-0.25, -0.2) is 18.2 Å². The Labute approximate surface area is 131 Å². The molecule has 122 valence electrons. The van der Waals surface area contributed by atoms with Gasteiger partial charge in [0.15, 0.2) is 0 Å². The van der Waals surface area contributed by atoms with E-state index in [1.165, 1.54) is 24.3 Å². The van der Waals surface area contributed by atoms with Gasteiger partial charge >= 0.3 is 0 Å². The fourth-order valence-corrected chi connectivity index (χ4v) is 2.83. The fourth-order valence-electron chi connectivity index (χ4n) is 2.83. The van der Waals surface area contributed by atoms with Crippen LogP contribution in [-0.4, -0.2) is 29.9 Å². The molecule has 4 nitrogen and oxygen atoms in total. The minimum Gasteiger partial charge on any atom is -0.365 e. The third kappa shape index (κ3) is 3.23. The Morgan fingerprint density at radius 1 is 1.22 bits per heavy atom. The molecule has 23 heavy (non-hydrogen) atoms. The van der Waals surface area contributed by atoms with E-state index in [2.05, 4.69) is 4.98 Å². The number of alkyl halides is 2.